The molecule has 2 aliphatic heterocycles. The third kappa shape index (κ3) is 3.01. The zero-order valence-corrected chi connectivity index (χ0v) is 11.6. The first-order chi connectivity index (χ1) is 8.11. The van der Waals surface area contributed by atoms with Crippen molar-refractivity contribution in [3.8, 4) is 0 Å². The van der Waals surface area contributed by atoms with E-state index in [1.807, 2.05) is 0 Å². The molecule has 1 N–H and O–H groups in total. The van der Waals surface area contributed by atoms with Gasteiger partial charge in [-0.25, -0.2) is 0 Å². The summed E-state index contributed by atoms with van der Waals surface area (Å²) in [6, 6.07) is 1.36. The van der Waals surface area contributed by atoms with Gasteiger partial charge in [0, 0.05) is 31.7 Å². The highest BCUT2D eigenvalue weighted by atomic mass is 16.3. The maximum absolute atomic E-state index is 10.2. The summed E-state index contributed by atoms with van der Waals surface area (Å²) in [5.74, 6) is 0.420. The van der Waals surface area contributed by atoms with E-state index in [2.05, 4.69) is 30.6 Å². The van der Waals surface area contributed by atoms with Crippen molar-refractivity contribution in [2.75, 3.05) is 26.2 Å². The fourth-order valence-corrected chi connectivity index (χ4v) is 3.19. The van der Waals surface area contributed by atoms with E-state index in [9.17, 15) is 5.11 Å². The van der Waals surface area contributed by atoms with Gasteiger partial charge < -0.3 is 5.11 Å². The Morgan fingerprint density at radius 2 is 2.12 bits per heavy atom. The van der Waals surface area contributed by atoms with Gasteiger partial charge >= 0.3 is 0 Å². The third-order valence-corrected chi connectivity index (χ3v) is 4.79. The number of rotatable bonds is 4. The summed E-state index contributed by atoms with van der Waals surface area (Å²) in [6.07, 6.45) is 3.62. The van der Waals surface area contributed by atoms with Gasteiger partial charge in [0.2, 0.25) is 0 Å². The Kier molecular flexibility index (Phi) is 4.45. The van der Waals surface area contributed by atoms with Crippen LogP contribution in [0.25, 0.3) is 0 Å². The second-order valence-corrected chi connectivity index (χ2v) is 6.05. The van der Waals surface area contributed by atoms with Crippen LogP contribution in [0.2, 0.25) is 0 Å². The number of fused-ring (bicyclic) bond motifs is 1. The van der Waals surface area contributed by atoms with Crippen LogP contribution in [0.15, 0.2) is 0 Å². The van der Waals surface area contributed by atoms with Crippen molar-refractivity contribution in [3.63, 3.8) is 0 Å². The minimum atomic E-state index is -0.157. The van der Waals surface area contributed by atoms with E-state index in [4.69, 9.17) is 0 Å². The largest absolute Gasteiger partial charge is 0.392 e. The van der Waals surface area contributed by atoms with Crippen LogP contribution in [0.5, 0.6) is 0 Å². The van der Waals surface area contributed by atoms with Crippen LogP contribution in [0.4, 0.5) is 0 Å². The molecule has 0 radical (unpaired) electrons. The lowest BCUT2D eigenvalue weighted by Crippen LogP contribution is -2.56. The van der Waals surface area contributed by atoms with Crippen molar-refractivity contribution in [1.29, 1.82) is 0 Å². The van der Waals surface area contributed by atoms with E-state index in [0.29, 0.717) is 12.0 Å². The number of aliphatic hydroxyl groups is 1. The molecule has 100 valence electrons. The fraction of sp³-hybridized carbons (Fsp3) is 1.00. The molecule has 4 atom stereocenters. The van der Waals surface area contributed by atoms with Crippen molar-refractivity contribution in [2.24, 2.45) is 5.92 Å². The maximum Gasteiger partial charge on any atom is 0.0692 e. The van der Waals surface area contributed by atoms with E-state index in [-0.39, 0.29) is 6.10 Å². The summed E-state index contributed by atoms with van der Waals surface area (Å²) < 4.78 is 0. The highest BCUT2D eigenvalue weighted by molar-refractivity contribution is 4.91. The SMILES string of the molecule is CCC(C)C(O)CN1CC2CCCN2CC1C. The molecule has 0 saturated carbocycles. The van der Waals surface area contributed by atoms with Crippen molar-refractivity contribution in [2.45, 2.75) is 58.2 Å². The van der Waals surface area contributed by atoms with Gasteiger partial charge in [-0.05, 0) is 32.2 Å². The lowest BCUT2D eigenvalue weighted by molar-refractivity contribution is 0.00637. The van der Waals surface area contributed by atoms with Gasteiger partial charge in [-0.2, -0.15) is 0 Å². The predicted octanol–water partition coefficient (Wildman–Crippen LogP) is 1.56. The first-order valence-corrected chi connectivity index (χ1v) is 7.28. The predicted molar refractivity (Wildman–Crippen MR) is 71.1 cm³/mol. The van der Waals surface area contributed by atoms with Crippen LogP contribution in [0.1, 0.15) is 40.0 Å². The molecule has 2 saturated heterocycles. The summed E-state index contributed by atoms with van der Waals surface area (Å²) in [4.78, 5) is 5.14. The van der Waals surface area contributed by atoms with Gasteiger partial charge in [0.05, 0.1) is 6.10 Å². The zero-order chi connectivity index (χ0) is 12.4. The normalized spacial score (nSPS) is 34.6. The Morgan fingerprint density at radius 3 is 2.82 bits per heavy atom. The summed E-state index contributed by atoms with van der Waals surface area (Å²) in [7, 11) is 0. The zero-order valence-electron chi connectivity index (χ0n) is 11.6. The van der Waals surface area contributed by atoms with Gasteiger partial charge in [-0.3, -0.25) is 9.80 Å². The molecule has 0 aliphatic carbocycles. The van der Waals surface area contributed by atoms with Crippen LogP contribution < -0.4 is 0 Å². The van der Waals surface area contributed by atoms with E-state index in [0.717, 1.165) is 25.6 Å². The molecular weight excluding hydrogens is 212 g/mol. The van der Waals surface area contributed by atoms with Crippen LogP contribution in [-0.4, -0.2) is 59.3 Å². The van der Waals surface area contributed by atoms with Crippen molar-refractivity contribution < 1.29 is 5.11 Å². The molecule has 0 amide bonds. The van der Waals surface area contributed by atoms with Gasteiger partial charge in [0.15, 0.2) is 0 Å². The molecule has 0 spiro atoms. The second kappa shape index (κ2) is 5.68. The standard InChI is InChI=1S/C14H28N2O/c1-4-11(2)14(17)10-16-9-13-6-5-7-15(13)8-12(16)3/h11-14,17H,4-10H2,1-3H3. The molecular formula is C14H28N2O. The van der Waals surface area contributed by atoms with E-state index >= 15 is 0 Å². The molecule has 4 unspecified atom stereocenters. The maximum atomic E-state index is 10.2. The Morgan fingerprint density at radius 1 is 1.35 bits per heavy atom. The highest BCUT2D eigenvalue weighted by Crippen LogP contribution is 2.25. The van der Waals surface area contributed by atoms with E-state index < -0.39 is 0 Å². The first kappa shape index (κ1) is 13.3. The number of hydrogen-bond acceptors (Lipinski definition) is 3. The summed E-state index contributed by atoms with van der Waals surface area (Å²) in [6.45, 7) is 11.1. The van der Waals surface area contributed by atoms with Gasteiger partial charge in [0.1, 0.15) is 0 Å². The average molecular weight is 240 g/mol. The molecule has 2 aliphatic rings. The monoisotopic (exact) mass is 240 g/mol. The lowest BCUT2D eigenvalue weighted by atomic mass is 9.99. The quantitative estimate of drug-likeness (QED) is 0.808. The van der Waals surface area contributed by atoms with Crippen LogP contribution in [0.3, 0.4) is 0 Å². The van der Waals surface area contributed by atoms with E-state index in [1.54, 1.807) is 0 Å². The van der Waals surface area contributed by atoms with Gasteiger partial charge in [-0.15, -0.1) is 0 Å². The molecule has 0 aromatic heterocycles. The molecule has 0 aromatic rings. The number of nitrogens with zero attached hydrogens (tertiary/aromatic N) is 2. The minimum absolute atomic E-state index is 0.157. The topological polar surface area (TPSA) is 26.7 Å². The molecule has 2 heterocycles. The summed E-state index contributed by atoms with van der Waals surface area (Å²) in [5.41, 5.74) is 0. The molecule has 3 heteroatoms. The van der Waals surface area contributed by atoms with E-state index in [1.165, 1.54) is 25.9 Å². The highest BCUT2D eigenvalue weighted by Gasteiger charge is 2.35. The second-order valence-electron chi connectivity index (χ2n) is 6.05. The Bertz CT molecular complexity index is 246. The minimum Gasteiger partial charge on any atom is -0.392 e. The van der Waals surface area contributed by atoms with Crippen LogP contribution in [0, 0.1) is 5.92 Å². The number of hydrogen-bond donors (Lipinski definition) is 1. The fourth-order valence-electron chi connectivity index (χ4n) is 3.19. The first-order valence-electron chi connectivity index (χ1n) is 7.28. The number of β-amino-alcohol motifs (C(OH)–C–C–N with tert-alkyl or cyclic N) is 1. The Balaban J connectivity index is 1.87. The molecule has 3 nitrogen and oxygen atoms in total. The van der Waals surface area contributed by atoms with Gasteiger partial charge in [0.25, 0.3) is 0 Å². The molecule has 17 heavy (non-hydrogen) atoms. The van der Waals surface area contributed by atoms with Crippen LogP contribution >= 0.6 is 0 Å². The lowest BCUT2D eigenvalue weighted by Gasteiger charge is -2.43. The Labute approximate surface area is 106 Å². The smallest absolute Gasteiger partial charge is 0.0692 e. The number of piperazine rings is 1. The van der Waals surface area contributed by atoms with Crippen molar-refractivity contribution in [1.82, 2.24) is 9.80 Å². The summed E-state index contributed by atoms with van der Waals surface area (Å²) in [5, 5.41) is 10.2. The molecule has 2 rings (SSSR count). The molecule has 2 fully saturated rings. The Hall–Kier alpha value is -0.120. The van der Waals surface area contributed by atoms with Crippen LogP contribution in [-0.2, 0) is 0 Å². The molecule has 0 aromatic carbocycles. The van der Waals surface area contributed by atoms with Gasteiger partial charge in [-0.1, -0.05) is 20.3 Å². The summed E-state index contributed by atoms with van der Waals surface area (Å²) >= 11 is 0. The van der Waals surface area contributed by atoms with Crippen molar-refractivity contribution in [3.05, 3.63) is 0 Å². The average Bonchev–Trinajstić information content (AvgIpc) is 2.75. The number of aliphatic hydroxyl groups excluding tert-OH is 1. The molecule has 0 bridgehead atoms. The van der Waals surface area contributed by atoms with Crippen molar-refractivity contribution >= 4 is 0 Å². The third-order valence-electron chi connectivity index (χ3n) is 4.79.